The number of ether oxygens (including phenoxy) is 2. The van der Waals surface area contributed by atoms with Crippen LogP contribution in [0, 0.1) is 6.92 Å². The van der Waals surface area contributed by atoms with E-state index in [1.807, 2.05) is 31.2 Å². The number of thiocarbonyl (C=S) groups is 1. The Morgan fingerprint density at radius 1 is 0.920 bits per heavy atom. The van der Waals surface area contributed by atoms with E-state index in [1.165, 1.54) is 32.4 Å². The summed E-state index contributed by atoms with van der Waals surface area (Å²) in [4.78, 5) is 23.6. The summed E-state index contributed by atoms with van der Waals surface area (Å²) in [6, 6.07) is 12.1. The number of anilines is 2. The highest BCUT2D eigenvalue weighted by Crippen LogP contribution is 2.20. The second-order valence-electron chi connectivity index (χ2n) is 5.19. The molecule has 6 nitrogen and oxygen atoms in total. The molecule has 0 aliphatic carbocycles. The minimum atomic E-state index is -0.544. The fourth-order valence-corrected chi connectivity index (χ4v) is 2.33. The van der Waals surface area contributed by atoms with E-state index in [9.17, 15) is 9.59 Å². The lowest BCUT2D eigenvalue weighted by Crippen LogP contribution is -2.21. The van der Waals surface area contributed by atoms with Crippen LogP contribution in [0.4, 0.5) is 11.4 Å². The van der Waals surface area contributed by atoms with Crippen molar-refractivity contribution < 1.29 is 19.1 Å². The number of nitrogens with one attached hydrogen (secondary N) is 2. The smallest absolute Gasteiger partial charge is 0.339 e. The number of rotatable bonds is 4. The van der Waals surface area contributed by atoms with Crippen LogP contribution in [0.5, 0.6) is 0 Å². The zero-order valence-electron chi connectivity index (χ0n) is 14.1. The molecule has 2 rings (SSSR count). The first-order valence-electron chi connectivity index (χ1n) is 7.40. The number of aryl methyl sites for hydroxylation is 1. The molecule has 0 fully saturated rings. The first-order chi connectivity index (χ1) is 11.9. The zero-order chi connectivity index (χ0) is 18.4. The SMILES string of the molecule is COC(=O)c1ccc(C(=O)OC)c(NC(=S)Nc2ccc(C)cc2)c1. The maximum absolute atomic E-state index is 11.9. The molecule has 25 heavy (non-hydrogen) atoms. The van der Waals surface area contributed by atoms with Crippen LogP contribution >= 0.6 is 12.2 Å². The van der Waals surface area contributed by atoms with Gasteiger partial charge in [-0.25, -0.2) is 9.59 Å². The average molecular weight is 358 g/mol. The average Bonchev–Trinajstić information content (AvgIpc) is 2.62. The van der Waals surface area contributed by atoms with Gasteiger partial charge in [0.25, 0.3) is 0 Å². The Bertz CT molecular complexity index is 803. The van der Waals surface area contributed by atoms with Crippen LogP contribution in [0.25, 0.3) is 0 Å². The zero-order valence-corrected chi connectivity index (χ0v) is 14.9. The van der Waals surface area contributed by atoms with E-state index in [0.717, 1.165) is 11.3 Å². The second kappa shape index (κ2) is 8.25. The van der Waals surface area contributed by atoms with Crippen LogP contribution < -0.4 is 10.6 Å². The van der Waals surface area contributed by atoms with Crippen molar-refractivity contribution in [2.45, 2.75) is 6.92 Å². The minimum Gasteiger partial charge on any atom is -0.465 e. The molecular formula is C18H18N2O4S. The van der Waals surface area contributed by atoms with Crippen LogP contribution in [0.15, 0.2) is 42.5 Å². The summed E-state index contributed by atoms with van der Waals surface area (Å²) in [6.07, 6.45) is 0. The van der Waals surface area contributed by atoms with Gasteiger partial charge in [0.2, 0.25) is 0 Å². The molecule has 0 aromatic heterocycles. The molecule has 0 spiro atoms. The Balaban J connectivity index is 2.25. The predicted octanol–water partition coefficient (Wildman–Crippen LogP) is 3.38. The Labute approximate surface area is 151 Å². The van der Waals surface area contributed by atoms with Crippen molar-refractivity contribution in [3.8, 4) is 0 Å². The predicted molar refractivity (Wildman–Crippen MR) is 100 cm³/mol. The minimum absolute atomic E-state index is 0.253. The maximum atomic E-state index is 11.9. The third-order valence-electron chi connectivity index (χ3n) is 3.40. The van der Waals surface area contributed by atoms with Gasteiger partial charge >= 0.3 is 11.9 Å². The lowest BCUT2D eigenvalue weighted by atomic mass is 10.1. The molecule has 0 radical (unpaired) electrons. The summed E-state index contributed by atoms with van der Waals surface area (Å²) >= 11 is 5.28. The van der Waals surface area contributed by atoms with Gasteiger partial charge in [-0.15, -0.1) is 0 Å². The Morgan fingerprint density at radius 3 is 2.16 bits per heavy atom. The van der Waals surface area contributed by atoms with Crippen molar-refractivity contribution >= 4 is 40.6 Å². The highest BCUT2D eigenvalue weighted by atomic mass is 32.1. The third kappa shape index (κ3) is 4.77. The van der Waals surface area contributed by atoms with E-state index in [-0.39, 0.29) is 16.2 Å². The van der Waals surface area contributed by atoms with Gasteiger partial charge in [0, 0.05) is 5.69 Å². The monoisotopic (exact) mass is 358 g/mol. The van der Waals surface area contributed by atoms with Crippen LogP contribution in [0.1, 0.15) is 26.3 Å². The molecule has 0 saturated carbocycles. The quantitative estimate of drug-likeness (QED) is 0.641. The maximum Gasteiger partial charge on any atom is 0.339 e. The molecule has 0 amide bonds. The van der Waals surface area contributed by atoms with Gasteiger partial charge in [-0.1, -0.05) is 17.7 Å². The first kappa shape index (κ1) is 18.4. The van der Waals surface area contributed by atoms with Gasteiger partial charge in [0.1, 0.15) is 0 Å². The molecule has 0 bridgehead atoms. The highest BCUT2D eigenvalue weighted by Gasteiger charge is 2.16. The molecule has 7 heteroatoms. The van der Waals surface area contributed by atoms with Crippen molar-refractivity contribution in [3.63, 3.8) is 0 Å². The summed E-state index contributed by atoms with van der Waals surface area (Å²) in [6.45, 7) is 1.99. The summed E-state index contributed by atoms with van der Waals surface area (Å²) < 4.78 is 9.46. The molecule has 0 aliphatic heterocycles. The van der Waals surface area contributed by atoms with Gasteiger partial charge in [-0.05, 0) is 49.5 Å². The van der Waals surface area contributed by atoms with E-state index in [2.05, 4.69) is 10.6 Å². The van der Waals surface area contributed by atoms with Crippen molar-refractivity contribution in [2.24, 2.45) is 0 Å². The van der Waals surface area contributed by atoms with Crippen LogP contribution in [0.3, 0.4) is 0 Å². The van der Waals surface area contributed by atoms with Crippen LogP contribution in [0.2, 0.25) is 0 Å². The largest absolute Gasteiger partial charge is 0.465 e. The third-order valence-corrected chi connectivity index (χ3v) is 3.61. The van der Waals surface area contributed by atoms with Crippen LogP contribution in [-0.4, -0.2) is 31.3 Å². The van der Waals surface area contributed by atoms with E-state index in [0.29, 0.717) is 5.69 Å². The highest BCUT2D eigenvalue weighted by molar-refractivity contribution is 7.80. The Kier molecular flexibility index (Phi) is 6.08. The van der Waals surface area contributed by atoms with Gasteiger partial charge in [0.05, 0.1) is 31.0 Å². The van der Waals surface area contributed by atoms with E-state index in [4.69, 9.17) is 21.7 Å². The molecule has 130 valence electrons. The normalized spacial score (nSPS) is 9.88. The topological polar surface area (TPSA) is 76.7 Å². The number of benzene rings is 2. The van der Waals surface area contributed by atoms with Crippen molar-refractivity contribution in [1.82, 2.24) is 0 Å². The van der Waals surface area contributed by atoms with Gasteiger partial charge in [-0.3, -0.25) is 0 Å². The molecule has 0 unspecified atom stereocenters. The number of carbonyl (C=O) groups excluding carboxylic acids is 2. The van der Waals surface area contributed by atoms with Crippen molar-refractivity contribution in [3.05, 3.63) is 59.2 Å². The van der Waals surface area contributed by atoms with E-state index < -0.39 is 11.9 Å². The summed E-state index contributed by atoms with van der Waals surface area (Å²) in [5.74, 6) is -1.06. The summed E-state index contributed by atoms with van der Waals surface area (Å²) in [7, 11) is 2.57. The van der Waals surface area contributed by atoms with Crippen molar-refractivity contribution in [1.29, 1.82) is 0 Å². The number of hydrogen-bond acceptors (Lipinski definition) is 5. The molecule has 0 aliphatic rings. The van der Waals surface area contributed by atoms with E-state index in [1.54, 1.807) is 0 Å². The Morgan fingerprint density at radius 2 is 1.56 bits per heavy atom. The number of methoxy groups -OCH3 is 2. The molecule has 0 atom stereocenters. The number of hydrogen-bond donors (Lipinski definition) is 2. The van der Waals surface area contributed by atoms with Gasteiger partial charge < -0.3 is 20.1 Å². The molecule has 0 saturated heterocycles. The lowest BCUT2D eigenvalue weighted by Gasteiger charge is -2.14. The van der Waals surface area contributed by atoms with Crippen molar-refractivity contribution in [2.75, 3.05) is 24.9 Å². The van der Waals surface area contributed by atoms with Gasteiger partial charge in [-0.2, -0.15) is 0 Å². The summed E-state index contributed by atoms with van der Waals surface area (Å²) in [5, 5.41) is 6.21. The van der Waals surface area contributed by atoms with Gasteiger partial charge in [0.15, 0.2) is 5.11 Å². The summed E-state index contributed by atoms with van der Waals surface area (Å²) in [5.41, 5.74) is 2.81. The molecule has 2 N–H and O–H groups in total. The fraction of sp³-hybridized carbons (Fsp3) is 0.167. The number of esters is 2. The van der Waals surface area contributed by atoms with Crippen LogP contribution in [-0.2, 0) is 9.47 Å². The molecule has 2 aromatic carbocycles. The standard InChI is InChI=1S/C18H18N2O4S/c1-11-4-7-13(8-5-11)19-18(25)20-15-10-12(16(21)23-2)6-9-14(15)17(22)24-3/h4-10H,1-3H3,(H2,19,20,25). The lowest BCUT2D eigenvalue weighted by molar-refractivity contribution is 0.0587. The molecule has 0 heterocycles. The first-order valence-corrected chi connectivity index (χ1v) is 7.80. The van der Waals surface area contributed by atoms with E-state index >= 15 is 0 Å². The second-order valence-corrected chi connectivity index (χ2v) is 5.60. The fourth-order valence-electron chi connectivity index (χ4n) is 2.10. The molecule has 2 aromatic rings. The Hall–Kier alpha value is -2.93. The molecular weight excluding hydrogens is 340 g/mol. The number of carbonyl (C=O) groups is 2.